The number of hydrogen-bond acceptors (Lipinski definition) is 3. The topological polar surface area (TPSA) is 30.5 Å². The van der Waals surface area contributed by atoms with E-state index in [0.717, 1.165) is 28.1 Å². The van der Waals surface area contributed by atoms with Gasteiger partial charge in [0.15, 0.2) is 11.5 Å². The van der Waals surface area contributed by atoms with Gasteiger partial charge < -0.3 is 14.8 Å². The number of nitrogens with one attached hydrogen (secondary N) is 1. The second-order valence-electron chi connectivity index (χ2n) is 6.10. The number of rotatable bonds is 3. The smallest absolute Gasteiger partial charge is 0.163 e. The maximum Gasteiger partial charge on any atom is 0.163 e. The number of benzene rings is 1. The fourth-order valence-corrected chi connectivity index (χ4v) is 3.53. The van der Waals surface area contributed by atoms with Crippen LogP contribution in [0.5, 0.6) is 11.5 Å². The van der Waals surface area contributed by atoms with Crippen LogP contribution < -0.4 is 14.8 Å². The summed E-state index contributed by atoms with van der Waals surface area (Å²) in [7, 11) is 0. The van der Waals surface area contributed by atoms with Gasteiger partial charge in [-0.2, -0.15) is 0 Å². The Kier molecular flexibility index (Phi) is 4.79. The fraction of sp³-hybridized carbons (Fsp3) is 0.647. The highest BCUT2D eigenvalue weighted by Gasteiger charge is 2.20. The lowest BCUT2D eigenvalue weighted by molar-refractivity contribution is 0.171. The molecule has 0 saturated heterocycles. The van der Waals surface area contributed by atoms with Gasteiger partial charge in [-0.25, -0.2) is 0 Å². The van der Waals surface area contributed by atoms with Crippen molar-refractivity contribution in [1.29, 1.82) is 0 Å². The molecule has 1 aliphatic heterocycles. The summed E-state index contributed by atoms with van der Waals surface area (Å²) in [5.41, 5.74) is 0.973. The standard InChI is InChI=1S/C17H24ClNO2/c1-2-12-4-3-5-13(7-6-12)19-15-11-17-16(10-14(15)18)20-8-9-21-17/h10-13,19H,2-9H2,1H3. The molecule has 116 valence electrons. The molecule has 1 aromatic carbocycles. The number of fused-ring (bicyclic) bond motifs is 1. The van der Waals surface area contributed by atoms with E-state index in [-0.39, 0.29) is 0 Å². The van der Waals surface area contributed by atoms with Crippen molar-refractivity contribution in [3.63, 3.8) is 0 Å². The first kappa shape index (κ1) is 14.8. The van der Waals surface area contributed by atoms with Crippen molar-refractivity contribution in [2.24, 2.45) is 5.92 Å². The molecular weight excluding hydrogens is 286 g/mol. The average molecular weight is 310 g/mol. The molecule has 3 nitrogen and oxygen atoms in total. The molecule has 21 heavy (non-hydrogen) atoms. The van der Waals surface area contributed by atoms with Crippen molar-refractivity contribution in [3.05, 3.63) is 17.2 Å². The molecule has 2 atom stereocenters. The highest BCUT2D eigenvalue weighted by molar-refractivity contribution is 6.33. The lowest BCUT2D eigenvalue weighted by Gasteiger charge is -2.23. The Morgan fingerprint density at radius 3 is 2.62 bits per heavy atom. The maximum atomic E-state index is 6.38. The predicted octanol–water partition coefficient (Wildman–Crippen LogP) is 4.88. The molecule has 0 amide bonds. The molecule has 1 N–H and O–H groups in total. The van der Waals surface area contributed by atoms with Crippen molar-refractivity contribution >= 4 is 17.3 Å². The monoisotopic (exact) mass is 309 g/mol. The van der Waals surface area contributed by atoms with E-state index in [1.807, 2.05) is 12.1 Å². The third-order valence-corrected chi connectivity index (χ3v) is 4.97. The molecule has 1 aromatic rings. The van der Waals surface area contributed by atoms with Crippen LogP contribution in [0.4, 0.5) is 5.69 Å². The Morgan fingerprint density at radius 2 is 1.86 bits per heavy atom. The van der Waals surface area contributed by atoms with Gasteiger partial charge in [0.1, 0.15) is 13.2 Å². The number of anilines is 1. The van der Waals surface area contributed by atoms with Crippen LogP contribution in [0.3, 0.4) is 0 Å². The van der Waals surface area contributed by atoms with Gasteiger partial charge in [-0.3, -0.25) is 0 Å². The van der Waals surface area contributed by atoms with Crippen LogP contribution in [0.15, 0.2) is 12.1 Å². The van der Waals surface area contributed by atoms with Gasteiger partial charge in [0.05, 0.1) is 10.7 Å². The minimum Gasteiger partial charge on any atom is -0.486 e. The second-order valence-corrected chi connectivity index (χ2v) is 6.51. The van der Waals surface area contributed by atoms with E-state index in [1.54, 1.807) is 0 Å². The average Bonchev–Trinajstić information content (AvgIpc) is 2.73. The van der Waals surface area contributed by atoms with Gasteiger partial charge in [0, 0.05) is 18.2 Å². The molecule has 2 unspecified atom stereocenters. The largest absolute Gasteiger partial charge is 0.486 e. The van der Waals surface area contributed by atoms with Crippen LogP contribution in [0.25, 0.3) is 0 Å². The molecule has 1 aliphatic carbocycles. The Labute approximate surface area is 132 Å². The molecule has 1 fully saturated rings. The first-order valence-electron chi connectivity index (χ1n) is 8.12. The molecule has 0 radical (unpaired) electrons. The van der Waals surface area contributed by atoms with Crippen LogP contribution in [0.1, 0.15) is 45.4 Å². The summed E-state index contributed by atoms with van der Waals surface area (Å²) in [6.45, 7) is 3.50. The molecular formula is C17H24ClNO2. The van der Waals surface area contributed by atoms with Crippen LogP contribution >= 0.6 is 11.6 Å². The maximum absolute atomic E-state index is 6.38. The van der Waals surface area contributed by atoms with E-state index in [4.69, 9.17) is 21.1 Å². The van der Waals surface area contributed by atoms with Crippen molar-refractivity contribution in [2.45, 2.75) is 51.5 Å². The van der Waals surface area contributed by atoms with E-state index >= 15 is 0 Å². The van der Waals surface area contributed by atoms with Crippen molar-refractivity contribution in [2.75, 3.05) is 18.5 Å². The van der Waals surface area contributed by atoms with Crippen molar-refractivity contribution in [3.8, 4) is 11.5 Å². The minimum absolute atomic E-state index is 0.515. The number of hydrogen-bond donors (Lipinski definition) is 1. The van der Waals surface area contributed by atoms with Gasteiger partial charge in [-0.15, -0.1) is 0 Å². The third-order valence-electron chi connectivity index (χ3n) is 4.66. The zero-order valence-corrected chi connectivity index (χ0v) is 13.4. The Morgan fingerprint density at radius 1 is 1.10 bits per heavy atom. The van der Waals surface area contributed by atoms with Gasteiger partial charge in [0.2, 0.25) is 0 Å². The lowest BCUT2D eigenvalue weighted by Crippen LogP contribution is -2.20. The second kappa shape index (κ2) is 6.78. The zero-order chi connectivity index (χ0) is 14.7. The quantitative estimate of drug-likeness (QED) is 0.807. The summed E-state index contributed by atoms with van der Waals surface area (Å²) in [5, 5.41) is 4.33. The lowest BCUT2D eigenvalue weighted by atomic mass is 9.98. The molecule has 4 heteroatoms. The normalized spacial score (nSPS) is 25.2. The van der Waals surface area contributed by atoms with Gasteiger partial charge in [0.25, 0.3) is 0 Å². The number of halogens is 1. The molecule has 0 aromatic heterocycles. The van der Waals surface area contributed by atoms with Gasteiger partial charge >= 0.3 is 0 Å². The zero-order valence-electron chi connectivity index (χ0n) is 12.7. The predicted molar refractivity (Wildman–Crippen MR) is 86.7 cm³/mol. The fourth-order valence-electron chi connectivity index (χ4n) is 3.33. The molecule has 1 saturated carbocycles. The van der Waals surface area contributed by atoms with E-state index in [0.29, 0.717) is 19.3 Å². The van der Waals surface area contributed by atoms with Crippen LogP contribution in [0.2, 0.25) is 5.02 Å². The Hall–Kier alpha value is -1.09. The summed E-state index contributed by atoms with van der Waals surface area (Å²) < 4.78 is 11.2. The molecule has 1 heterocycles. The first-order valence-corrected chi connectivity index (χ1v) is 8.49. The summed E-state index contributed by atoms with van der Waals surface area (Å²) in [6.07, 6.45) is 7.74. The van der Waals surface area contributed by atoms with Crippen LogP contribution in [0, 0.1) is 5.92 Å². The van der Waals surface area contributed by atoms with Crippen molar-refractivity contribution in [1.82, 2.24) is 0 Å². The minimum atomic E-state index is 0.515. The van der Waals surface area contributed by atoms with Crippen molar-refractivity contribution < 1.29 is 9.47 Å². The summed E-state index contributed by atoms with van der Waals surface area (Å²) in [4.78, 5) is 0. The molecule has 0 spiro atoms. The molecule has 0 bridgehead atoms. The van der Waals surface area contributed by atoms with E-state index in [2.05, 4.69) is 12.2 Å². The Bertz CT molecular complexity index is 492. The first-order chi connectivity index (χ1) is 10.3. The summed E-state index contributed by atoms with van der Waals surface area (Å²) >= 11 is 6.38. The summed E-state index contributed by atoms with van der Waals surface area (Å²) in [6, 6.07) is 4.37. The number of ether oxygens (including phenoxy) is 2. The van der Waals surface area contributed by atoms with Crippen LogP contribution in [-0.2, 0) is 0 Å². The van der Waals surface area contributed by atoms with E-state index in [1.165, 1.54) is 38.5 Å². The molecule has 3 rings (SSSR count). The highest BCUT2D eigenvalue weighted by Crippen LogP contribution is 2.39. The van der Waals surface area contributed by atoms with Gasteiger partial charge in [-0.05, 0) is 25.2 Å². The van der Waals surface area contributed by atoms with Gasteiger partial charge in [-0.1, -0.05) is 37.8 Å². The van der Waals surface area contributed by atoms with E-state index < -0.39 is 0 Å². The summed E-state index contributed by atoms with van der Waals surface area (Å²) in [5.74, 6) is 2.45. The van der Waals surface area contributed by atoms with E-state index in [9.17, 15) is 0 Å². The molecule has 2 aliphatic rings. The highest BCUT2D eigenvalue weighted by atomic mass is 35.5. The Balaban J connectivity index is 1.69. The third kappa shape index (κ3) is 3.57. The SMILES string of the molecule is CCC1CCCC(Nc2cc3c(cc2Cl)OCCO3)CC1. The van der Waals surface area contributed by atoms with Crippen LogP contribution in [-0.4, -0.2) is 19.3 Å².